The Bertz CT molecular complexity index is 791. The molecular formula is C25H36N4O. The minimum Gasteiger partial charge on any atom is -0.385 e. The Morgan fingerprint density at radius 3 is 2.67 bits per heavy atom. The molecule has 1 aliphatic heterocycles. The minimum absolute atomic E-state index is 0.0521. The number of fused-ring (bicyclic) bond motifs is 1. The van der Waals surface area contributed by atoms with Crippen molar-refractivity contribution in [1.29, 1.82) is 0 Å². The monoisotopic (exact) mass is 408 g/mol. The molecule has 0 fully saturated rings. The van der Waals surface area contributed by atoms with Gasteiger partial charge in [0, 0.05) is 49.0 Å². The lowest BCUT2D eigenvalue weighted by atomic mass is 10.1. The Balaban J connectivity index is 1.88. The molecule has 1 aliphatic rings. The van der Waals surface area contributed by atoms with Gasteiger partial charge >= 0.3 is 0 Å². The summed E-state index contributed by atoms with van der Waals surface area (Å²) in [7, 11) is 0. The number of hydrogen-bond donors (Lipinski definition) is 2. The highest BCUT2D eigenvalue weighted by atomic mass is 16.2. The number of benzene rings is 1. The minimum atomic E-state index is 0.0521. The summed E-state index contributed by atoms with van der Waals surface area (Å²) >= 11 is 0. The van der Waals surface area contributed by atoms with Crippen molar-refractivity contribution in [3.05, 3.63) is 53.9 Å². The number of nitrogens with zero attached hydrogens (tertiary/aromatic N) is 2. The van der Waals surface area contributed by atoms with Gasteiger partial charge in [0.25, 0.3) is 5.91 Å². The molecule has 0 saturated carbocycles. The maximum atomic E-state index is 13.4. The summed E-state index contributed by atoms with van der Waals surface area (Å²) in [6, 6.07) is 10.0. The van der Waals surface area contributed by atoms with Crippen LogP contribution < -0.4 is 15.5 Å². The first-order valence-corrected chi connectivity index (χ1v) is 11.4. The fourth-order valence-corrected chi connectivity index (χ4v) is 3.86. The highest BCUT2D eigenvalue weighted by Crippen LogP contribution is 2.27. The normalized spacial score (nSPS) is 15.8. The smallest absolute Gasteiger partial charge is 0.258 e. The van der Waals surface area contributed by atoms with Gasteiger partial charge in [-0.2, -0.15) is 0 Å². The van der Waals surface area contributed by atoms with Crippen molar-refractivity contribution in [2.75, 3.05) is 29.9 Å². The zero-order valence-electron chi connectivity index (χ0n) is 18.5. The maximum absolute atomic E-state index is 13.4. The summed E-state index contributed by atoms with van der Waals surface area (Å²) in [5, 5.41) is 7.13. The molecule has 0 unspecified atom stereocenters. The first kappa shape index (κ1) is 22.3. The number of carbonyl (C=O) groups is 1. The third-order valence-electron chi connectivity index (χ3n) is 5.64. The molecule has 0 aliphatic carbocycles. The van der Waals surface area contributed by atoms with E-state index in [1.54, 1.807) is 24.5 Å². The van der Waals surface area contributed by atoms with E-state index < -0.39 is 0 Å². The number of nitrogens with one attached hydrogen (secondary N) is 2. The summed E-state index contributed by atoms with van der Waals surface area (Å²) in [4.78, 5) is 19.4. The Kier molecular flexibility index (Phi) is 8.69. The molecule has 0 atom stereocenters. The van der Waals surface area contributed by atoms with E-state index in [9.17, 15) is 4.79 Å². The third-order valence-corrected chi connectivity index (χ3v) is 5.64. The van der Waals surface area contributed by atoms with Crippen molar-refractivity contribution in [1.82, 2.24) is 10.3 Å². The fourth-order valence-electron chi connectivity index (χ4n) is 3.86. The van der Waals surface area contributed by atoms with Gasteiger partial charge in [-0.05, 0) is 67.6 Å². The summed E-state index contributed by atoms with van der Waals surface area (Å²) in [6.07, 6.45) is 10.4. The Labute approximate surface area is 181 Å². The van der Waals surface area contributed by atoms with Gasteiger partial charge in [-0.3, -0.25) is 9.78 Å². The van der Waals surface area contributed by atoms with E-state index in [1.165, 1.54) is 24.8 Å². The van der Waals surface area contributed by atoms with Crippen molar-refractivity contribution >= 4 is 17.3 Å². The molecule has 3 rings (SSSR count). The van der Waals surface area contributed by atoms with Crippen LogP contribution in [0.3, 0.4) is 0 Å². The van der Waals surface area contributed by atoms with Crippen LogP contribution in [-0.4, -0.2) is 30.5 Å². The van der Waals surface area contributed by atoms with Crippen LogP contribution >= 0.6 is 0 Å². The molecule has 1 aromatic heterocycles. The van der Waals surface area contributed by atoms with Crippen LogP contribution in [-0.2, 0) is 6.54 Å². The highest BCUT2D eigenvalue weighted by Gasteiger charge is 2.20. The summed E-state index contributed by atoms with van der Waals surface area (Å²) in [5.74, 6) is 0.730. The second kappa shape index (κ2) is 11.7. The number of carbonyl (C=O) groups excluding carboxylic acids is 1. The van der Waals surface area contributed by atoms with Gasteiger partial charge in [-0.25, -0.2) is 0 Å². The Morgan fingerprint density at radius 1 is 1.10 bits per heavy atom. The maximum Gasteiger partial charge on any atom is 0.258 e. The average molecular weight is 409 g/mol. The van der Waals surface area contributed by atoms with Crippen LogP contribution in [0.25, 0.3) is 0 Å². The number of aromatic nitrogens is 1. The van der Waals surface area contributed by atoms with Gasteiger partial charge in [-0.15, -0.1) is 0 Å². The fraction of sp³-hybridized carbons (Fsp3) is 0.520. The van der Waals surface area contributed by atoms with Crippen LogP contribution in [0.5, 0.6) is 0 Å². The van der Waals surface area contributed by atoms with Crippen molar-refractivity contribution in [2.24, 2.45) is 5.92 Å². The first-order chi connectivity index (χ1) is 14.6. The van der Waals surface area contributed by atoms with Gasteiger partial charge in [0.2, 0.25) is 0 Å². The van der Waals surface area contributed by atoms with E-state index >= 15 is 0 Å². The predicted molar refractivity (Wildman–Crippen MR) is 125 cm³/mol. The van der Waals surface area contributed by atoms with E-state index in [2.05, 4.69) is 47.7 Å². The van der Waals surface area contributed by atoms with Crippen LogP contribution in [0, 0.1) is 5.92 Å². The van der Waals surface area contributed by atoms with Gasteiger partial charge in [-0.1, -0.05) is 33.1 Å². The average Bonchev–Trinajstić information content (AvgIpc) is 2.74. The molecule has 162 valence electrons. The lowest BCUT2D eigenvalue weighted by molar-refractivity contribution is 0.0986. The Hall–Kier alpha value is -2.40. The van der Waals surface area contributed by atoms with Crippen LogP contribution in [0.2, 0.25) is 0 Å². The van der Waals surface area contributed by atoms with Crippen LogP contribution in [0.1, 0.15) is 68.3 Å². The van der Waals surface area contributed by atoms with Gasteiger partial charge in [0.15, 0.2) is 0 Å². The zero-order valence-corrected chi connectivity index (χ0v) is 18.5. The standard InChI is InChI=1S/C25H36N4O/c1-20(2)10-16-28-23-8-9-24-22(18-23)19-27-13-6-4-3-5-7-17-29(24)25(30)21-11-14-26-15-12-21/h8-9,11-12,14-15,18,20,27-28H,3-7,10,13,16-17,19H2,1-2H3. The van der Waals surface area contributed by atoms with E-state index in [0.29, 0.717) is 11.5 Å². The third kappa shape index (κ3) is 6.56. The number of hydrogen-bond acceptors (Lipinski definition) is 4. The summed E-state index contributed by atoms with van der Waals surface area (Å²) in [5.41, 5.74) is 4.00. The lowest BCUT2D eigenvalue weighted by Crippen LogP contribution is -2.33. The Morgan fingerprint density at radius 2 is 1.87 bits per heavy atom. The molecule has 0 bridgehead atoms. The lowest BCUT2D eigenvalue weighted by Gasteiger charge is -2.27. The molecule has 2 aromatic rings. The molecule has 0 saturated heterocycles. The molecular weight excluding hydrogens is 372 g/mol. The molecule has 1 amide bonds. The first-order valence-electron chi connectivity index (χ1n) is 11.4. The molecule has 2 N–H and O–H groups in total. The van der Waals surface area contributed by atoms with Crippen LogP contribution in [0.4, 0.5) is 11.4 Å². The van der Waals surface area contributed by atoms with Crippen molar-refractivity contribution in [2.45, 2.75) is 58.9 Å². The van der Waals surface area contributed by atoms with Crippen molar-refractivity contribution < 1.29 is 4.79 Å². The molecule has 0 spiro atoms. The summed E-state index contributed by atoms with van der Waals surface area (Å²) < 4.78 is 0. The zero-order chi connectivity index (χ0) is 21.2. The summed E-state index contributed by atoms with van der Waals surface area (Å²) in [6.45, 7) is 7.98. The van der Waals surface area contributed by atoms with E-state index in [-0.39, 0.29) is 5.91 Å². The molecule has 1 aromatic carbocycles. The molecule has 2 heterocycles. The predicted octanol–water partition coefficient (Wildman–Crippen LogP) is 5.24. The van der Waals surface area contributed by atoms with E-state index in [1.807, 2.05) is 4.90 Å². The number of anilines is 2. The number of pyridine rings is 1. The molecule has 5 nitrogen and oxygen atoms in total. The van der Waals surface area contributed by atoms with Crippen LogP contribution in [0.15, 0.2) is 42.7 Å². The largest absolute Gasteiger partial charge is 0.385 e. The van der Waals surface area contributed by atoms with Gasteiger partial charge in [0.1, 0.15) is 0 Å². The quantitative estimate of drug-likeness (QED) is 0.710. The van der Waals surface area contributed by atoms with Gasteiger partial charge < -0.3 is 15.5 Å². The second-order valence-electron chi connectivity index (χ2n) is 8.59. The topological polar surface area (TPSA) is 57.3 Å². The van der Waals surface area contributed by atoms with E-state index in [4.69, 9.17) is 0 Å². The molecule has 30 heavy (non-hydrogen) atoms. The second-order valence-corrected chi connectivity index (χ2v) is 8.59. The van der Waals surface area contributed by atoms with Crippen molar-refractivity contribution in [3.63, 3.8) is 0 Å². The number of rotatable bonds is 5. The molecule has 5 heteroatoms. The molecule has 0 radical (unpaired) electrons. The SMILES string of the molecule is CC(C)CCNc1ccc2c(c1)CNCCCCCCCN2C(=O)c1ccncc1. The van der Waals surface area contributed by atoms with Gasteiger partial charge in [0.05, 0.1) is 0 Å². The van der Waals surface area contributed by atoms with E-state index in [0.717, 1.165) is 56.8 Å². The van der Waals surface area contributed by atoms with Crippen molar-refractivity contribution in [3.8, 4) is 0 Å². The number of amides is 1. The highest BCUT2D eigenvalue weighted by molar-refractivity contribution is 6.06.